The first-order valence-electron chi connectivity index (χ1n) is 5.78. The average molecular weight is 347 g/mol. The molecule has 0 aliphatic rings. The summed E-state index contributed by atoms with van der Waals surface area (Å²) in [6.07, 6.45) is -4.44. The Morgan fingerprint density at radius 1 is 1.33 bits per heavy atom. The van der Waals surface area contributed by atoms with E-state index >= 15 is 0 Å². The number of rotatable bonds is 7. The SMILES string of the molecule is NCc1ccc(S(=O)(=O)NCCOCC(F)(F)F)cc1Cl. The molecule has 0 atom stereocenters. The van der Waals surface area contributed by atoms with Gasteiger partial charge in [0.1, 0.15) is 6.61 Å². The molecule has 0 saturated heterocycles. The van der Waals surface area contributed by atoms with E-state index in [0.717, 1.165) is 0 Å². The maximum atomic E-state index is 11.9. The molecule has 0 amide bonds. The quantitative estimate of drug-likeness (QED) is 0.736. The predicted molar refractivity (Wildman–Crippen MR) is 71.4 cm³/mol. The minimum Gasteiger partial charge on any atom is -0.371 e. The van der Waals surface area contributed by atoms with Gasteiger partial charge in [-0.25, -0.2) is 13.1 Å². The van der Waals surface area contributed by atoms with Crippen LogP contribution in [0.3, 0.4) is 0 Å². The van der Waals surface area contributed by atoms with Gasteiger partial charge >= 0.3 is 6.18 Å². The molecule has 0 radical (unpaired) electrons. The van der Waals surface area contributed by atoms with Crippen molar-refractivity contribution in [3.05, 3.63) is 28.8 Å². The van der Waals surface area contributed by atoms with Crippen molar-refractivity contribution >= 4 is 21.6 Å². The van der Waals surface area contributed by atoms with Gasteiger partial charge in [0.15, 0.2) is 0 Å². The summed E-state index contributed by atoms with van der Waals surface area (Å²) in [6, 6.07) is 4.01. The number of nitrogens with two attached hydrogens (primary N) is 1. The Balaban J connectivity index is 2.56. The normalized spacial score (nSPS) is 12.6. The molecule has 1 rings (SSSR count). The largest absolute Gasteiger partial charge is 0.411 e. The van der Waals surface area contributed by atoms with Crippen LogP contribution in [0.2, 0.25) is 5.02 Å². The van der Waals surface area contributed by atoms with Crippen LogP contribution in [0, 0.1) is 0 Å². The summed E-state index contributed by atoms with van der Waals surface area (Å²) in [7, 11) is -3.86. The number of hydrogen-bond donors (Lipinski definition) is 2. The third kappa shape index (κ3) is 6.18. The highest BCUT2D eigenvalue weighted by Crippen LogP contribution is 2.20. The molecule has 120 valence electrons. The van der Waals surface area contributed by atoms with Crippen molar-refractivity contribution in [2.45, 2.75) is 17.6 Å². The zero-order chi connectivity index (χ0) is 16.1. The molecule has 0 fully saturated rings. The fourth-order valence-corrected chi connectivity index (χ4v) is 2.74. The first-order valence-corrected chi connectivity index (χ1v) is 7.64. The molecule has 0 saturated carbocycles. The predicted octanol–water partition coefficient (Wildman–Crippen LogP) is 1.66. The summed E-state index contributed by atoms with van der Waals surface area (Å²) < 4.78 is 65.6. The molecule has 10 heteroatoms. The first-order chi connectivity index (χ1) is 9.65. The number of benzene rings is 1. The molecule has 0 aliphatic carbocycles. The summed E-state index contributed by atoms with van der Waals surface area (Å²) in [4.78, 5) is -0.0967. The van der Waals surface area contributed by atoms with E-state index in [0.29, 0.717) is 5.56 Å². The number of alkyl halides is 3. The minimum absolute atomic E-state index is 0.0967. The third-order valence-electron chi connectivity index (χ3n) is 2.36. The molecule has 0 bridgehead atoms. The van der Waals surface area contributed by atoms with Crippen LogP contribution in [0.1, 0.15) is 5.56 Å². The summed E-state index contributed by atoms with van der Waals surface area (Å²) >= 11 is 5.85. The summed E-state index contributed by atoms with van der Waals surface area (Å²) in [5.74, 6) is 0. The molecular weight excluding hydrogens is 333 g/mol. The molecule has 0 unspecified atom stereocenters. The highest BCUT2D eigenvalue weighted by molar-refractivity contribution is 7.89. The molecule has 3 N–H and O–H groups in total. The zero-order valence-electron chi connectivity index (χ0n) is 10.8. The van der Waals surface area contributed by atoms with Crippen LogP contribution >= 0.6 is 11.6 Å². The highest BCUT2D eigenvalue weighted by atomic mass is 35.5. The van der Waals surface area contributed by atoms with Crippen LogP contribution in [0.15, 0.2) is 23.1 Å². The molecule has 0 spiro atoms. The number of ether oxygens (including phenoxy) is 1. The maximum absolute atomic E-state index is 11.9. The molecule has 1 aromatic rings. The molecule has 0 heterocycles. The molecule has 5 nitrogen and oxygen atoms in total. The molecule has 21 heavy (non-hydrogen) atoms. The summed E-state index contributed by atoms with van der Waals surface area (Å²) in [5.41, 5.74) is 5.99. The second-order valence-electron chi connectivity index (χ2n) is 4.02. The van der Waals surface area contributed by atoms with Gasteiger partial charge in [-0.15, -0.1) is 0 Å². The van der Waals surface area contributed by atoms with Crippen molar-refractivity contribution in [2.24, 2.45) is 5.73 Å². The highest BCUT2D eigenvalue weighted by Gasteiger charge is 2.27. The van der Waals surface area contributed by atoms with Gasteiger partial charge in [0.05, 0.1) is 11.5 Å². The van der Waals surface area contributed by atoms with Gasteiger partial charge in [-0.1, -0.05) is 17.7 Å². The average Bonchev–Trinajstić information content (AvgIpc) is 2.36. The van der Waals surface area contributed by atoms with Gasteiger partial charge in [0.25, 0.3) is 0 Å². The maximum Gasteiger partial charge on any atom is 0.411 e. The molecule has 0 aliphatic heterocycles. The van der Waals surface area contributed by atoms with Gasteiger partial charge in [0, 0.05) is 18.1 Å². The first kappa shape index (κ1) is 18.2. The molecular formula is C11H14ClF3N2O3S. The van der Waals surface area contributed by atoms with Crippen LogP contribution < -0.4 is 10.5 Å². The summed E-state index contributed by atoms with van der Waals surface area (Å²) in [5, 5.41) is 0.202. The van der Waals surface area contributed by atoms with E-state index < -0.39 is 29.4 Å². The molecule has 1 aromatic carbocycles. The van der Waals surface area contributed by atoms with E-state index in [-0.39, 0.29) is 23.0 Å². The Morgan fingerprint density at radius 3 is 2.52 bits per heavy atom. The van der Waals surface area contributed by atoms with Crippen LogP contribution in [-0.2, 0) is 21.3 Å². The lowest BCUT2D eigenvalue weighted by Crippen LogP contribution is -2.29. The Labute approximate surface area is 125 Å². The van der Waals surface area contributed by atoms with Crippen molar-refractivity contribution < 1.29 is 26.3 Å². The standard InChI is InChI=1S/C11H14ClF3N2O3S/c12-10-5-9(2-1-8(10)6-16)21(18,19)17-3-4-20-7-11(13,14)15/h1-2,5,17H,3-4,6-7,16H2. The zero-order valence-corrected chi connectivity index (χ0v) is 12.4. The van der Waals surface area contributed by atoms with Crippen molar-refractivity contribution in [2.75, 3.05) is 19.8 Å². The number of halogens is 4. The van der Waals surface area contributed by atoms with E-state index in [1.807, 2.05) is 0 Å². The van der Waals surface area contributed by atoms with Crippen LogP contribution in [-0.4, -0.2) is 34.4 Å². The van der Waals surface area contributed by atoms with Crippen molar-refractivity contribution in [3.8, 4) is 0 Å². The monoisotopic (exact) mass is 346 g/mol. The number of hydrogen-bond acceptors (Lipinski definition) is 4. The van der Waals surface area contributed by atoms with Gasteiger partial charge < -0.3 is 10.5 Å². The lowest BCUT2D eigenvalue weighted by Gasteiger charge is -2.10. The van der Waals surface area contributed by atoms with Gasteiger partial charge in [-0.3, -0.25) is 0 Å². The van der Waals surface area contributed by atoms with Crippen LogP contribution in [0.25, 0.3) is 0 Å². The Kier molecular flexibility index (Phi) is 6.41. The lowest BCUT2D eigenvalue weighted by molar-refractivity contribution is -0.173. The van der Waals surface area contributed by atoms with Crippen molar-refractivity contribution in [1.29, 1.82) is 0 Å². The Bertz CT molecular complexity index is 579. The van der Waals surface area contributed by atoms with Crippen LogP contribution in [0.4, 0.5) is 13.2 Å². The van der Waals surface area contributed by atoms with E-state index in [9.17, 15) is 21.6 Å². The van der Waals surface area contributed by atoms with Gasteiger partial charge in [-0.05, 0) is 17.7 Å². The minimum atomic E-state index is -4.44. The van der Waals surface area contributed by atoms with E-state index in [2.05, 4.69) is 9.46 Å². The smallest absolute Gasteiger partial charge is 0.371 e. The molecule has 0 aromatic heterocycles. The second kappa shape index (κ2) is 7.41. The topological polar surface area (TPSA) is 81.4 Å². The Morgan fingerprint density at radius 2 is 2.00 bits per heavy atom. The van der Waals surface area contributed by atoms with E-state index in [4.69, 9.17) is 17.3 Å². The van der Waals surface area contributed by atoms with E-state index in [1.165, 1.54) is 18.2 Å². The number of nitrogens with one attached hydrogen (secondary N) is 1. The lowest BCUT2D eigenvalue weighted by atomic mass is 10.2. The van der Waals surface area contributed by atoms with E-state index in [1.54, 1.807) is 0 Å². The van der Waals surface area contributed by atoms with Crippen LogP contribution in [0.5, 0.6) is 0 Å². The Hall–Kier alpha value is -0.870. The number of sulfonamides is 1. The van der Waals surface area contributed by atoms with Crippen molar-refractivity contribution in [1.82, 2.24) is 4.72 Å². The fourth-order valence-electron chi connectivity index (χ4n) is 1.38. The van der Waals surface area contributed by atoms with Crippen molar-refractivity contribution in [3.63, 3.8) is 0 Å². The second-order valence-corrected chi connectivity index (χ2v) is 6.20. The summed E-state index contributed by atoms with van der Waals surface area (Å²) in [6.45, 7) is -1.94. The van der Waals surface area contributed by atoms with Gasteiger partial charge in [-0.2, -0.15) is 13.2 Å². The fraction of sp³-hybridized carbons (Fsp3) is 0.455. The van der Waals surface area contributed by atoms with Gasteiger partial charge in [0.2, 0.25) is 10.0 Å². The third-order valence-corrected chi connectivity index (χ3v) is 4.17.